The Balaban J connectivity index is 1.77. The summed E-state index contributed by atoms with van der Waals surface area (Å²) in [6.07, 6.45) is 6.84. The van der Waals surface area contributed by atoms with Gasteiger partial charge in [-0.2, -0.15) is 0 Å². The van der Waals surface area contributed by atoms with Crippen molar-refractivity contribution in [3.05, 3.63) is 36.0 Å². The van der Waals surface area contributed by atoms with E-state index in [2.05, 4.69) is 10.3 Å². The van der Waals surface area contributed by atoms with Gasteiger partial charge in [0.05, 0.1) is 12.5 Å². The lowest BCUT2D eigenvalue weighted by Crippen LogP contribution is -2.41. The predicted molar refractivity (Wildman–Crippen MR) is 82.6 cm³/mol. The standard InChI is InChI=1S/C16H22N4O3/c1-19-13(11-17-18-19)16(22)20-8-4-2-3-6-12(20)10-14(21)15-7-5-9-23-15/h5,7,9,11-12,14,21H,2-4,6,8,10H2,1H3/t12-,14-/m1/s1. The number of rotatable bonds is 4. The van der Waals surface area contributed by atoms with Crippen molar-refractivity contribution in [2.24, 2.45) is 7.05 Å². The summed E-state index contributed by atoms with van der Waals surface area (Å²) in [7, 11) is 1.71. The van der Waals surface area contributed by atoms with Crippen molar-refractivity contribution in [2.45, 2.75) is 44.2 Å². The molecule has 0 aliphatic carbocycles. The van der Waals surface area contributed by atoms with E-state index in [1.54, 1.807) is 25.4 Å². The van der Waals surface area contributed by atoms with Gasteiger partial charge in [0.25, 0.3) is 5.91 Å². The predicted octanol–water partition coefficient (Wildman–Crippen LogP) is 1.92. The number of aryl methyl sites for hydroxylation is 1. The third-order valence-electron chi connectivity index (χ3n) is 4.44. The van der Waals surface area contributed by atoms with E-state index in [0.717, 1.165) is 25.7 Å². The Morgan fingerprint density at radius 1 is 1.48 bits per heavy atom. The molecule has 0 aromatic carbocycles. The van der Waals surface area contributed by atoms with Gasteiger partial charge in [-0.1, -0.05) is 18.1 Å². The topological polar surface area (TPSA) is 84.4 Å². The zero-order valence-corrected chi connectivity index (χ0v) is 13.3. The van der Waals surface area contributed by atoms with E-state index in [1.807, 2.05) is 4.90 Å². The van der Waals surface area contributed by atoms with Gasteiger partial charge >= 0.3 is 0 Å². The molecule has 7 heteroatoms. The Hall–Kier alpha value is -2.15. The van der Waals surface area contributed by atoms with E-state index < -0.39 is 6.10 Å². The fourth-order valence-electron chi connectivity index (χ4n) is 3.17. The van der Waals surface area contributed by atoms with Crippen molar-refractivity contribution < 1.29 is 14.3 Å². The van der Waals surface area contributed by atoms with Gasteiger partial charge in [-0.25, -0.2) is 4.68 Å². The molecule has 1 aliphatic rings. The molecule has 0 unspecified atom stereocenters. The SMILES string of the molecule is Cn1nncc1C(=O)N1CCCCC[C@@H]1C[C@@H](O)c1ccco1. The first-order valence-electron chi connectivity index (χ1n) is 8.04. The molecule has 2 aromatic rings. The number of carbonyl (C=O) groups excluding carboxylic acids is 1. The monoisotopic (exact) mass is 318 g/mol. The molecule has 7 nitrogen and oxygen atoms in total. The molecule has 1 N–H and O–H groups in total. The molecule has 124 valence electrons. The van der Waals surface area contributed by atoms with E-state index in [9.17, 15) is 9.90 Å². The summed E-state index contributed by atoms with van der Waals surface area (Å²) in [5, 5.41) is 18.0. The highest BCUT2D eigenvalue weighted by Crippen LogP contribution is 2.27. The lowest BCUT2D eigenvalue weighted by molar-refractivity contribution is 0.0547. The highest BCUT2D eigenvalue weighted by molar-refractivity contribution is 5.92. The highest BCUT2D eigenvalue weighted by atomic mass is 16.4. The van der Waals surface area contributed by atoms with Crippen LogP contribution in [0.25, 0.3) is 0 Å². The minimum Gasteiger partial charge on any atom is -0.467 e. The maximum Gasteiger partial charge on any atom is 0.274 e. The number of carbonyl (C=O) groups is 1. The van der Waals surface area contributed by atoms with Gasteiger partial charge in [0, 0.05) is 26.1 Å². The lowest BCUT2D eigenvalue weighted by Gasteiger charge is -2.31. The van der Waals surface area contributed by atoms with Crippen LogP contribution in [0.15, 0.2) is 29.0 Å². The Bertz CT molecular complexity index is 638. The molecule has 0 bridgehead atoms. The number of aromatic nitrogens is 3. The van der Waals surface area contributed by atoms with Gasteiger partial charge in [0.15, 0.2) is 0 Å². The third-order valence-corrected chi connectivity index (χ3v) is 4.44. The molecule has 3 heterocycles. The van der Waals surface area contributed by atoms with Crippen LogP contribution in [-0.4, -0.2) is 43.5 Å². The van der Waals surface area contributed by atoms with Gasteiger partial charge in [0.1, 0.15) is 17.6 Å². The molecule has 3 rings (SSSR count). The van der Waals surface area contributed by atoms with Crippen LogP contribution in [0.2, 0.25) is 0 Å². The quantitative estimate of drug-likeness (QED) is 0.931. The van der Waals surface area contributed by atoms with Crippen LogP contribution >= 0.6 is 0 Å². The first kappa shape index (κ1) is 15.7. The number of nitrogens with zero attached hydrogens (tertiary/aromatic N) is 4. The zero-order valence-electron chi connectivity index (χ0n) is 13.3. The molecule has 1 saturated heterocycles. The van der Waals surface area contributed by atoms with Gasteiger partial charge < -0.3 is 14.4 Å². The number of furan rings is 1. The smallest absolute Gasteiger partial charge is 0.274 e. The molecular weight excluding hydrogens is 296 g/mol. The van der Waals surface area contributed by atoms with Crippen LogP contribution in [0, 0.1) is 0 Å². The highest BCUT2D eigenvalue weighted by Gasteiger charge is 2.30. The van der Waals surface area contributed by atoms with E-state index in [1.165, 1.54) is 10.9 Å². The third kappa shape index (κ3) is 3.44. The first-order valence-corrected chi connectivity index (χ1v) is 8.04. The van der Waals surface area contributed by atoms with Crippen LogP contribution in [0.4, 0.5) is 0 Å². The number of amides is 1. The maximum atomic E-state index is 12.8. The molecule has 2 aromatic heterocycles. The summed E-state index contributed by atoms with van der Waals surface area (Å²) in [6.45, 7) is 0.694. The maximum absolute atomic E-state index is 12.8. The fourth-order valence-corrected chi connectivity index (χ4v) is 3.17. The fraction of sp³-hybridized carbons (Fsp3) is 0.562. The Kier molecular flexibility index (Phi) is 4.76. The van der Waals surface area contributed by atoms with Crippen LogP contribution in [0.3, 0.4) is 0 Å². The first-order chi connectivity index (χ1) is 11.2. The number of aliphatic hydroxyl groups excluding tert-OH is 1. The van der Waals surface area contributed by atoms with Crippen molar-refractivity contribution in [1.29, 1.82) is 0 Å². The summed E-state index contributed by atoms with van der Waals surface area (Å²) in [6, 6.07) is 3.51. The molecule has 2 atom stereocenters. The van der Waals surface area contributed by atoms with E-state index in [-0.39, 0.29) is 11.9 Å². The van der Waals surface area contributed by atoms with Crippen molar-refractivity contribution in [2.75, 3.05) is 6.54 Å². The normalized spacial score (nSPS) is 20.3. The summed E-state index contributed by atoms with van der Waals surface area (Å²) < 4.78 is 6.77. The van der Waals surface area contributed by atoms with E-state index >= 15 is 0 Å². The van der Waals surface area contributed by atoms with E-state index in [4.69, 9.17) is 4.42 Å². The van der Waals surface area contributed by atoms with Gasteiger partial charge in [0.2, 0.25) is 0 Å². The van der Waals surface area contributed by atoms with Crippen LogP contribution in [0.5, 0.6) is 0 Å². The number of hydrogen-bond acceptors (Lipinski definition) is 5. The largest absolute Gasteiger partial charge is 0.467 e. The second-order valence-corrected chi connectivity index (χ2v) is 6.01. The molecule has 0 radical (unpaired) electrons. The molecule has 0 saturated carbocycles. The van der Waals surface area contributed by atoms with Crippen LogP contribution in [0.1, 0.15) is 54.5 Å². The molecule has 23 heavy (non-hydrogen) atoms. The van der Waals surface area contributed by atoms with Crippen molar-refractivity contribution in [3.8, 4) is 0 Å². The van der Waals surface area contributed by atoms with Crippen LogP contribution < -0.4 is 0 Å². The summed E-state index contributed by atoms with van der Waals surface area (Å²) in [4.78, 5) is 14.7. The van der Waals surface area contributed by atoms with Gasteiger partial charge in [-0.05, 0) is 25.0 Å². The summed E-state index contributed by atoms with van der Waals surface area (Å²) >= 11 is 0. The lowest BCUT2D eigenvalue weighted by atomic mass is 10.0. The number of aliphatic hydroxyl groups is 1. The Morgan fingerprint density at radius 3 is 3.04 bits per heavy atom. The number of likely N-dealkylation sites (tertiary alicyclic amines) is 1. The second-order valence-electron chi connectivity index (χ2n) is 6.01. The van der Waals surface area contributed by atoms with Crippen molar-refractivity contribution >= 4 is 5.91 Å². The van der Waals surface area contributed by atoms with Crippen molar-refractivity contribution in [1.82, 2.24) is 19.9 Å². The Morgan fingerprint density at radius 2 is 2.35 bits per heavy atom. The summed E-state index contributed by atoms with van der Waals surface area (Å²) in [5.41, 5.74) is 0.476. The van der Waals surface area contributed by atoms with E-state index in [0.29, 0.717) is 24.4 Å². The molecule has 0 spiro atoms. The minimum absolute atomic E-state index is 0.0139. The average Bonchev–Trinajstić information content (AvgIpc) is 3.16. The number of hydrogen-bond donors (Lipinski definition) is 1. The molecule has 1 amide bonds. The second kappa shape index (κ2) is 6.95. The minimum atomic E-state index is -0.701. The molecular formula is C16H22N4O3. The zero-order chi connectivity index (χ0) is 16.2. The van der Waals surface area contributed by atoms with Gasteiger partial charge in [-0.15, -0.1) is 5.10 Å². The molecule has 1 fully saturated rings. The molecule has 1 aliphatic heterocycles. The average molecular weight is 318 g/mol. The van der Waals surface area contributed by atoms with Crippen molar-refractivity contribution in [3.63, 3.8) is 0 Å². The van der Waals surface area contributed by atoms with Crippen LogP contribution in [-0.2, 0) is 7.05 Å². The van der Waals surface area contributed by atoms with Gasteiger partial charge in [-0.3, -0.25) is 4.79 Å². The Labute approximate surface area is 134 Å². The summed E-state index contributed by atoms with van der Waals surface area (Å²) in [5.74, 6) is 0.472.